The van der Waals surface area contributed by atoms with E-state index in [4.69, 9.17) is 0 Å². The maximum absolute atomic E-state index is 12.7. The van der Waals surface area contributed by atoms with Gasteiger partial charge in [-0.25, -0.2) is 4.79 Å². The van der Waals surface area contributed by atoms with E-state index in [1.165, 1.54) is 12.1 Å². The lowest BCUT2D eigenvalue weighted by Gasteiger charge is -2.23. The van der Waals surface area contributed by atoms with Gasteiger partial charge in [0.2, 0.25) is 0 Å². The van der Waals surface area contributed by atoms with Crippen molar-refractivity contribution in [3.8, 4) is 11.1 Å². The quantitative estimate of drug-likeness (QED) is 0.467. The van der Waals surface area contributed by atoms with E-state index in [-0.39, 0.29) is 17.8 Å². The number of hydrogen-bond acceptors (Lipinski definition) is 3. The normalized spacial score (nSPS) is 11.5. The molecule has 3 rings (SSSR count). The third-order valence-electron chi connectivity index (χ3n) is 4.78. The van der Waals surface area contributed by atoms with Crippen molar-refractivity contribution >= 4 is 11.7 Å². The molecule has 0 saturated heterocycles. The van der Waals surface area contributed by atoms with Gasteiger partial charge < -0.3 is 10.2 Å². The molecule has 0 aliphatic rings. The summed E-state index contributed by atoms with van der Waals surface area (Å²) in [6.45, 7) is 2.25. The van der Waals surface area contributed by atoms with Crippen molar-refractivity contribution < 1.29 is 9.72 Å². The number of nitro benzene ring substituents is 1. The van der Waals surface area contributed by atoms with Crippen molar-refractivity contribution in [2.24, 2.45) is 0 Å². The van der Waals surface area contributed by atoms with E-state index in [9.17, 15) is 14.9 Å². The summed E-state index contributed by atoms with van der Waals surface area (Å²) in [5.41, 5.74) is 3.92. The molecule has 148 valence electrons. The van der Waals surface area contributed by atoms with E-state index in [0.29, 0.717) is 12.1 Å². The molecular formula is C23H23N3O3. The minimum Gasteiger partial charge on any atom is -0.331 e. The highest BCUT2D eigenvalue weighted by atomic mass is 16.6. The molecule has 6 heteroatoms. The van der Waals surface area contributed by atoms with Crippen LogP contribution in [0.15, 0.2) is 78.9 Å². The average molecular weight is 389 g/mol. The Morgan fingerprint density at radius 3 is 2.45 bits per heavy atom. The summed E-state index contributed by atoms with van der Waals surface area (Å²) in [7, 11) is 1.73. The number of carbonyl (C=O) groups excluding carboxylic acids is 1. The molecule has 6 nitrogen and oxygen atoms in total. The van der Waals surface area contributed by atoms with Crippen molar-refractivity contribution in [1.29, 1.82) is 0 Å². The smallest absolute Gasteiger partial charge is 0.317 e. The predicted molar refractivity (Wildman–Crippen MR) is 113 cm³/mol. The van der Waals surface area contributed by atoms with Gasteiger partial charge in [-0.15, -0.1) is 0 Å². The number of nitrogens with one attached hydrogen (secondary N) is 1. The van der Waals surface area contributed by atoms with Crippen molar-refractivity contribution in [2.45, 2.75) is 19.5 Å². The Morgan fingerprint density at radius 1 is 1.03 bits per heavy atom. The summed E-state index contributed by atoms with van der Waals surface area (Å²) < 4.78 is 0. The molecule has 0 aromatic heterocycles. The second kappa shape index (κ2) is 9.01. The van der Waals surface area contributed by atoms with Crippen LogP contribution < -0.4 is 5.32 Å². The first-order valence-electron chi connectivity index (χ1n) is 9.35. The Labute approximate surface area is 169 Å². The number of carbonyl (C=O) groups is 1. The topological polar surface area (TPSA) is 75.5 Å². The van der Waals surface area contributed by atoms with Crippen LogP contribution in [0.25, 0.3) is 11.1 Å². The molecule has 0 spiro atoms. The van der Waals surface area contributed by atoms with Gasteiger partial charge in [-0.05, 0) is 29.2 Å². The molecule has 0 saturated carbocycles. The van der Waals surface area contributed by atoms with Crippen LogP contribution in [0.1, 0.15) is 24.1 Å². The van der Waals surface area contributed by atoms with Crippen LogP contribution in [0.3, 0.4) is 0 Å². The highest BCUT2D eigenvalue weighted by Crippen LogP contribution is 2.24. The van der Waals surface area contributed by atoms with Crippen LogP contribution in [-0.2, 0) is 6.54 Å². The Kier molecular flexibility index (Phi) is 6.24. The van der Waals surface area contributed by atoms with Gasteiger partial charge >= 0.3 is 6.03 Å². The molecule has 1 N–H and O–H groups in total. The summed E-state index contributed by atoms with van der Waals surface area (Å²) in [6.07, 6.45) is 0. The van der Waals surface area contributed by atoms with Gasteiger partial charge in [-0.3, -0.25) is 10.1 Å². The van der Waals surface area contributed by atoms with Crippen LogP contribution in [-0.4, -0.2) is 22.9 Å². The SMILES string of the molecule is CC(NC(=O)N(C)Cc1ccccc1-c1ccccc1)c1cccc([N+](=O)[O-])c1. The number of amides is 2. The molecular weight excluding hydrogens is 366 g/mol. The summed E-state index contributed by atoms with van der Waals surface area (Å²) in [4.78, 5) is 24.8. The number of benzene rings is 3. The lowest BCUT2D eigenvalue weighted by atomic mass is 9.99. The number of hydrogen-bond donors (Lipinski definition) is 1. The Balaban J connectivity index is 1.70. The van der Waals surface area contributed by atoms with Gasteiger partial charge in [-0.2, -0.15) is 0 Å². The second-order valence-electron chi connectivity index (χ2n) is 6.90. The third-order valence-corrected chi connectivity index (χ3v) is 4.78. The number of nitrogens with zero attached hydrogens (tertiary/aromatic N) is 2. The molecule has 0 radical (unpaired) electrons. The summed E-state index contributed by atoms with van der Waals surface area (Å²) >= 11 is 0. The van der Waals surface area contributed by atoms with Crippen LogP contribution in [0.2, 0.25) is 0 Å². The van der Waals surface area contributed by atoms with E-state index in [1.54, 1.807) is 24.1 Å². The molecule has 1 atom stereocenters. The van der Waals surface area contributed by atoms with Gasteiger partial charge in [0, 0.05) is 25.7 Å². The van der Waals surface area contributed by atoms with Crippen LogP contribution >= 0.6 is 0 Å². The number of nitro groups is 1. The molecule has 29 heavy (non-hydrogen) atoms. The zero-order chi connectivity index (χ0) is 20.8. The lowest BCUT2D eigenvalue weighted by molar-refractivity contribution is -0.384. The predicted octanol–water partition coefficient (Wildman–Crippen LogP) is 5.16. The minimum atomic E-state index is -0.440. The maximum Gasteiger partial charge on any atom is 0.317 e. The third kappa shape index (κ3) is 4.99. The molecule has 3 aromatic carbocycles. The molecule has 3 aromatic rings. The van der Waals surface area contributed by atoms with Gasteiger partial charge in [0.05, 0.1) is 11.0 Å². The first-order valence-corrected chi connectivity index (χ1v) is 9.35. The molecule has 0 heterocycles. The molecule has 2 amide bonds. The van der Waals surface area contributed by atoms with Crippen LogP contribution in [0, 0.1) is 10.1 Å². The molecule has 1 unspecified atom stereocenters. The van der Waals surface area contributed by atoms with Crippen LogP contribution in [0.5, 0.6) is 0 Å². The monoisotopic (exact) mass is 389 g/mol. The van der Waals surface area contributed by atoms with E-state index < -0.39 is 4.92 Å². The minimum absolute atomic E-state index is 0.00809. The largest absolute Gasteiger partial charge is 0.331 e. The fourth-order valence-corrected chi connectivity index (χ4v) is 3.17. The highest BCUT2D eigenvalue weighted by molar-refractivity contribution is 5.75. The number of urea groups is 1. The van der Waals surface area contributed by atoms with Gasteiger partial charge in [0.1, 0.15) is 0 Å². The number of rotatable bonds is 6. The fourth-order valence-electron chi connectivity index (χ4n) is 3.17. The molecule has 0 aliphatic heterocycles. The fraction of sp³-hybridized carbons (Fsp3) is 0.174. The van der Waals surface area contributed by atoms with Crippen molar-refractivity contribution in [3.63, 3.8) is 0 Å². The zero-order valence-electron chi connectivity index (χ0n) is 16.4. The first kappa shape index (κ1) is 20.1. The van der Waals surface area contributed by atoms with Gasteiger partial charge in [0.15, 0.2) is 0 Å². The highest BCUT2D eigenvalue weighted by Gasteiger charge is 2.17. The van der Waals surface area contributed by atoms with Crippen molar-refractivity contribution in [1.82, 2.24) is 10.2 Å². The average Bonchev–Trinajstić information content (AvgIpc) is 2.74. The molecule has 0 fully saturated rings. The Morgan fingerprint density at radius 2 is 1.72 bits per heavy atom. The maximum atomic E-state index is 12.7. The van der Waals surface area contributed by atoms with Gasteiger partial charge in [-0.1, -0.05) is 66.7 Å². The van der Waals surface area contributed by atoms with Crippen molar-refractivity contribution in [2.75, 3.05) is 7.05 Å². The van der Waals surface area contributed by atoms with E-state index >= 15 is 0 Å². The molecule has 0 aliphatic carbocycles. The Hall–Kier alpha value is -3.67. The lowest BCUT2D eigenvalue weighted by Crippen LogP contribution is -2.38. The van der Waals surface area contributed by atoms with E-state index in [0.717, 1.165) is 16.7 Å². The second-order valence-corrected chi connectivity index (χ2v) is 6.90. The van der Waals surface area contributed by atoms with Gasteiger partial charge in [0.25, 0.3) is 5.69 Å². The Bertz CT molecular complexity index is 1010. The standard InChI is InChI=1S/C23H23N3O3/c1-17(19-12-8-13-21(15-19)26(28)29)24-23(27)25(2)16-20-11-6-7-14-22(20)18-9-4-3-5-10-18/h3-15,17H,16H2,1-2H3,(H,24,27). The summed E-state index contributed by atoms with van der Waals surface area (Å²) in [5, 5.41) is 13.9. The summed E-state index contributed by atoms with van der Waals surface area (Å²) in [6, 6.07) is 23.7. The first-order chi connectivity index (χ1) is 14.0. The van der Waals surface area contributed by atoms with Crippen molar-refractivity contribution in [3.05, 3.63) is 100 Å². The zero-order valence-corrected chi connectivity index (χ0v) is 16.4. The summed E-state index contributed by atoms with van der Waals surface area (Å²) in [5.74, 6) is 0. The van der Waals surface area contributed by atoms with E-state index in [1.807, 2.05) is 61.5 Å². The van der Waals surface area contributed by atoms with Crippen LogP contribution in [0.4, 0.5) is 10.5 Å². The number of non-ortho nitro benzene ring substituents is 1. The van der Waals surface area contributed by atoms with E-state index in [2.05, 4.69) is 5.32 Å². The molecule has 0 bridgehead atoms.